The molecule has 5 nitrogen and oxygen atoms in total. The predicted molar refractivity (Wildman–Crippen MR) is 72.8 cm³/mol. The molecule has 0 amide bonds. The van der Waals surface area contributed by atoms with E-state index in [9.17, 15) is 10.1 Å². The van der Waals surface area contributed by atoms with E-state index in [0.717, 1.165) is 10.0 Å². The number of rotatable bonds is 1. The minimum Gasteiger partial charge on any atom is -0.454 e. The Bertz CT molecular complexity index is 715. The molecule has 2 N–H and O–H groups in total. The molecule has 0 saturated heterocycles. The Labute approximate surface area is 123 Å². The number of benzene rings is 1. The minimum absolute atomic E-state index is 0.0188. The first kappa shape index (κ1) is 12.8. The molecule has 0 aromatic heterocycles. The average molecular weight is 333 g/mol. The maximum absolute atomic E-state index is 11.9. The lowest BCUT2D eigenvalue weighted by Gasteiger charge is -2.24. The Morgan fingerprint density at radius 3 is 2.85 bits per heavy atom. The summed E-state index contributed by atoms with van der Waals surface area (Å²) in [5, 5.41) is 9.33. The van der Waals surface area contributed by atoms with E-state index in [0.29, 0.717) is 11.3 Å². The molecule has 0 saturated carbocycles. The number of carbonyl (C=O) groups excluding carboxylic acids is 1. The van der Waals surface area contributed by atoms with Crippen LogP contribution in [-0.2, 0) is 14.3 Å². The molecule has 0 radical (unpaired) electrons. The molecule has 20 heavy (non-hydrogen) atoms. The van der Waals surface area contributed by atoms with Crippen LogP contribution in [0.15, 0.2) is 51.5 Å². The van der Waals surface area contributed by atoms with Gasteiger partial charge in [-0.3, -0.25) is 0 Å². The highest BCUT2D eigenvalue weighted by molar-refractivity contribution is 9.10. The summed E-state index contributed by atoms with van der Waals surface area (Å²) in [7, 11) is 0. The SMILES string of the molecule is N#CC1=C(N)OC2=C(C(=O)OC2)C1c1ccccc1Br. The van der Waals surface area contributed by atoms with Crippen molar-refractivity contribution in [2.24, 2.45) is 5.73 Å². The van der Waals surface area contributed by atoms with Crippen molar-refractivity contribution in [3.63, 3.8) is 0 Å². The van der Waals surface area contributed by atoms with Gasteiger partial charge in [0.2, 0.25) is 5.88 Å². The molecule has 3 rings (SSSR count). The van der Waals surface area contributed by atoms with Crippen molar-refractivity contribution >= 4 is 21.9 Å². The number of carbonyl (C=O) groups is 1. The van der Waals surface area contributed by atoms with Crippen LogP contribution in [0, 0.1) is 11.3 Å². The zero-order valence-corrected chi connectivity index (χ0v) is 11.8. The van der Waals surface area contributed by atoms with Crippen LogP contribution in [0.5, 0.6) is 0 Å². The van der Waals surface area contributed by atoms with E-state index in [2.05, 4.69) is 15.9 Å². The summed E-state index contributed by atoms with van der Waals surface area (Å²) in [5.74, 6) is -0.632. The van der Waals surface area contributed by atoms with Crippen molar-refractivity contribution in [1.29, 1.82) is 5.26 Å². The maximum Gasteiger partial charge on any atom is 0.339 e. The normalized spacial score (nSPS) is 21.2. The van der Waals surface area contributed by atoms with Crippen LogP contribution in [0.1, 0.15) is 11.5 Å². The van der Waals surface area contributed by atoms with Gasteiger partial charge in [0, 0.05) is 4.47 Å². The Morgan fingerprint density at radius 2 is 2.15 bits per heavy atom. The third-order valence-corrected chi connectivity index (χ3v) is 3.99. The summed E-state index contributed by atoms with van der Waals surface area (Å²) in [6.45, 7) is 0.0501. The van der Waals surface area contributed by atoms with Crippen molar-refractivity contribution < 1.29 is 14.3 Å². The number of nitrogens with zero attached hydrogens (tertiary/aromatic N) is 1. The van der Waals surface area contributed by atoms with Gasteiger partial charge in [-0.05, 0) is 11.6 Å². The molecule has 100 valence electrons. The standard InChI is InChI=1S/C14H9BrN2O3/c15-9-4-2-1-3-7(9)11-8(5-16)13(17)20-10-6-19-14(18)12(10)11/h1-4,11H,6,17H2. The van der Waals surface area contributed by atoms with E-state index in [1.807, 2.05) is 30.3 Å². The van der Waals surface area contributed by atoms with Crippen molar-refractivity contribution in [2.45, 2.75) is 5.92 Å². The second-order valence-corrected chi connectivity index (χ2v) is 5.21. The molecule has 0 bridgehead atoms. The lowest BCUT2D eigenvalue weighted by molar-refractivity contribution is -0.136. The number of halogens is 1. The highest BCUT2D eigenvalue weighted by Gasteiger charge is 2.41. The fraction of sp³-hybridized carbons (Fsp3) is 0.143. The summed E-state index contributed by atoms with van der Waals surface area (Å²) < 4.78 is 11.1. The number of ether oxygens (including phenoxy) is 2. The summed E-state index contributed by atoms with van der Waals surface area (Å²) in [5.41, 5.74) is 7.13. The second-order valence-electron chi connectivity index (χ2n) is 4.36. The fourth-order valence-electron chi connectivity index (χ4n) is 2.38. The van der Waals surface area contributed by atoms with Crippen LogP contribution in [0.25, 0.3) is 0 Å². The number of esters is 1. The van der Waals surface area contributed by atoms with E-state index in [1.165, 1.54) is 0 Å². The zero-order chi connectivity index (χ0) is 14.3. The van der Waals surface area contributed by atoms with Crippen LogP contribution < -0.4 is 5.73 Å². The van der Waals surface area contributed by atoms with Crippen LogP contribution in [0.2, 0.25) is 0 Å². The van der Waals surface area contributed by atoms with Gasteiger partial charge in [0.1, 0.15) is 18.2 Å². The molecule has 0 fully saturated rings. The van der Waals surface area contributed by atoms with E-state index in [4.69, 9.17) is 15.2 Å². The van der Waals surface area contributed by atoms with Gasteiger partial charge >= 0.3 is 5.97 Å². The third-order valence-electron chi connectivity index (χ3n) is 3.27. The fourth-order valence-corrected chi connectivity index (χ4v) is 2.89. The molecule has 2 aliphatic heterocycles. The lowest BCUT2D eigenvalue weighted by atomic mass is 9.83. The number of nitriles is 1. The van der Waals surface area contributed by atoms with Crippen LogP contribution >= 0.6 is 15.9 Å². The quantitative estimate of drug-likeness (QED) is 0.795. The Morgan fingerprint density at radius 1 is 1.40 bits per heavy atom. The largest absolute Gasteiger partial charge is 0.454 e. The van der Waals surface area contributed by atoms with E-state index in [1.54, 1.807) is 0 Å². The van der Waals surface area contributed by atoms with Crippen molar-refractivity contribution in [1.82, 2.24) is 0 Å². The maximum atomic E-state index is 11.9. The van der Waals surface area contributed by atoms with Gasteiger partial charge in [0.15, 0.2) is 5.76 Å². The number of nitrogens with two attached hydrogens (primary N) is 1. The van der Waals surface area contributed by atoms with Gasteiger partial charge in [-0.15, -0.1) is 0 Å². The topological polar surface area (TPSA) is 85.3 Å². The first-order chi connectivity index (χ1) is 9.63. The minimum atomic E-state index is -0.561. The van der Waals surface area contributed by atoms with Crippen molar-refractivity contribution in [3.8, 4) is 6.07 Å². The Balaban J connectivity index is 2.22. The molecule has 0 aliphatic carbocycles. The second kappa shape index (κ2) is 4.69. The first-order valence-corrected chi connectivity index (χ1v) is 6.65. The summed E-state index contributed by atoms with van der Waals surface area (Å²) >= 11 is 3.44. The summed E-state index contributed by atoms with van der Waals surface area (Å²) in [6, 6.07) is 9.40. The molecule has 1 atom stereocenters. The Kier molecular flexibility index (Phi) is 2.99. The van der Waals surface area contributed by atoms with E-state index in [-0.39, 0.29) is 18.1 Å². The summed E-state index contributed by atoms with van der Waals surface area (Å²) in [6.07, 6.45) is 0. The number of allylic oxidation sites excluding steroid dienone is 1. The highest BCUT2D eigenvalue weighted by Crippen LogP contribution is 2.43. The molecule has 2 heterocycles. The molecule has 2 aliphatic rings. The van der Waals surface area contributed by atoms with Gasteiger partial charge in [-0.25, -0.2) is 4.79 Å². The monoisotopic (exact) mass is 332 g/mol. The molecule has 1 aromatic carbocycles. The predicted octanol–water partition coefficient (Wildman–Crippen LogP) is 2.07. The molecule has 1 aromatic rings. The third kappa shape index (κ3) is 1.79. The molecular weight excluding hydrogens is 324 g/mol. The smallest absolute Gasteiger partial charge is 0.339 e. The molecule has 0 spiro atoms. The molecule has 1 unspecified atom stereocenters. The van der Waals surface area contributed by atoms with Crippen molar-refractivity contribution in [3.05, 3.63) is 57.1 Å². The zero-order valence-electron chi connectivity index (χ0n) is 10.2. The van der Waals surface area contributed by atoms with Crippen LogP contribution in [-0.4, -0.2) is 12.6 Å². The van der Waals surface area contributed by atoms with Crippen LogP contribution in [0.4, 0.5) is 0 Å². The molecule has 6 heteroatoms. The lowest BCUT2D eigenvalue weighted by Crippen LogP contribution is -2.22. The summed E-state index contributed by atoms with van der Waals surface area (Å²) in [4.78, 5) is 11.9. The Hall–Kier alpha value is -2.26. The highest BCUT2D eigenvalue weighted by atomic mass is 79.9. The van der Waals surface area contributed by atoms with Gasteiger partial charge in [0.05, 0.1) is 11.5 Å². The van der Waals surface area contributed by atoms with E-state index < -0.39 is 11.9 Å². The van der Waals surface area contributed by atoms with Gasteiger partial charge in [0.25, 0.3) is 0 Å². The van der Waals surface area contributed by atoms with Gasteiger partial charge in [-0.1, -0.05) is 34.1 Å². The van der Waals surface area contributed by atoms with Gasteiger partial charge in [-0.2, -0.15) is 5.26 Å². The van der Waals surface area contributed by atoms with Gasteiger partial charge < -0.3 is 15.2 Å². The van der Waals surface area contributed by atoms with E-state index >= 15 is 0 Å². The van der Waals surface area contributed by atoms with Crippen molar-refractivity contribution in [2.75, 3.05) is 6.61 Å². The number of hydrogen-bond donors (Lipinski definition) is 1. The average Bonchev–Trinajstić information content (AvgIpc) is 2.79. The first-order valence-electron chi connectivity index (χ1n) is 5.85. The molecular formula is C14H9BrN2O3. The van der Waals surface area contributed by atoms with Crippen LogP contribution in [0.3, 0.4) is 0 Å². The number of cyclic esters (lactones) is 1. The number of hydrogen-bond acceptors (Lipinski definition) is 5.